The van der Waals surface area contributed by atoms with Gasteiger partial charge in [-0.05, 0) is 30.7 Å². The van der Waals surface area contributed by atoms with Gasteiger partial charge in [0.2, 0.25) is 10.0 Å². The van der Waals surface area contributed by atoms with E-state index >= 15 is 0 Å². The zero-order chi connectivity index (χ0) is 13.9. The highest BCUT2D eigenvalue weighted by molar-refractivity contribution is 9.10. The van der Waals surface area contributed by atoms with Crippen LogP contribution in [0.5, 0.6) is 0 Å². The number of hydrogen-bond acceptors (Lipinski definition) is 4. The quantitative estimate of drug-likeness (QED) is 0.870. The van der Waals surface area contributed by atoms with E-state index in [4.69, 9.17) is 0 Å². The second kappa shape index (κ2) is 6.85. The maximum absolute atomic E-state index is 12.2. The lowest BCUT2D eigenvalue weighted by Gasteiger charge is -2.21. The molecule has 106 valence electrons. The minimum Gasteiger partial charge on any atom is -0.210 e. The molecule has 1 fully saturated rings. The first-order valence-corrected chi connectivity index (χ1v) is 10.4. The fourth-order valence-corrected chi connectivity index (χ4v) is 5.86. The summed E-state index contributed by atoms with van der Waals surface area (Å²) in [5.41, 5.74) is 0.922. The lowest BCUT2D eigenvalue weighted by molar-refractivity contribution is 0.581. The van der Waals surface area contributed by atoms with E-state index in [-0.39, 0.29) is 0 Å². The Labute approximate surface area is 131 Å². The number of thioether (sulfide) groups is 2. The summed E-state index contributed by atoms with van der Waals surface area (Å²) in [5.74, 6) is 3.29. The second-order valence-electron chi connectivity index (χ2n) is 4.33. The maximum atomic E-state index is 12.2. The molecule has 0 amide bonds. The molecule has 0 aliphatic carbocycles. The van der Waals surface area contributed by atoms with Gasteiger partial charge in [-0.3, -0.25) is 0 Å². The number of hydrogen-bond donors (Lipinski definition) is 1. The third-order valence-corrected chi connectivity index (χ3v) is 7.98. The summed E-state index contributed by atoms with van der Waals surface area (Å²) in [7, 11) is -3.39. The van der Waals surface area contributed by atoms with E-state index in [1.165, 1.54) is 5.75 Å². The number of aryl methyl sites for hydroxylation is 1. The summed E-state index contributed by atoms with van der Waals surface area (Å²) in [6, 6.07) is 5.09. The first-order valence-electron chi connectivity index (χ1n) is 5.94. The molecule has 1 atom stereocenters. The van der Waals surface area contributed by atoms with Crippen molar-refractivity contribution in [2.75, 3.05) is 23.8 Å². The molecular weight excluding hydrogens is 366 g/mol. The van der Waals surface area contributed by atoms with Gasteiger partial charge in [0.15, 0.2) is 0 Å². The van der Waals surface area contributed by atoms with Gasteiger partial charge in [0.05, 0.1) is 4.90 Å². The normalized spacial score (nSPS) is 20.4. The lowest BCUT2D eigenvalue weighted by atomic mass is 10.2. The van der Waals surface area contributed by atoms with Crippen molar-refractivity contribution in [3.8, 4) is 0 Å². The van der Waals surface area contributed by atoms with Crippen LogP contribution in [-0.2, 0) is 10.0 Å². The Morgan fingerprint density at radius 1 is 1.42 bits per heavy atom. The fraction of sp³-hybridized carbons (Fsp3) is 0.500. The standard InChI is InChI=1S/C12H16BrNO2S3/c1-9-6-11(2-3-12(9)13)19(15,16)14-7-10-8-17-4-5-18-10/h2-3,6,10,14H,4-5,7-8H2,1H3. The molecule has 2 rings (SSSR count). The van der Waals surface area contributed by atoms with Crippen molar-refractivity contribution in [2.24, 2.45) is 0 Å². The number of sulfonamides is 1. The predicted molar refractivity (Wildman–Crippen MR) is 87.6 cm³/mol. The number of nitrogens with one attached hydrogen (secondary N) is 1. The van der Waals surface area contributed by atoms with Crippen molar-refractivity contribution < 1.29 is 8.42 Å². The molecule has 1 heterocycles. The number of halogens is 1. The highest BCUT2D eigenvalue weighted by Gasteiger charge is 2.19. The van der Waals surface area contributed by atoms with Crippen molar-refractivity contribution in [1.82, 2.24) is 4.72 Å². The molecular formula is C12H16BrNO2S3. The molecule has 0 spiro atoms. The van der Waals surface area contributed by atoms with Gasteiger partial charge < -0.3 is 0 Å². The van der Waals surface area contributed by atoms with Crippen molar-refractivity contribution in [1.29, 1.82) is 0 Å². The molecule has 1 aliphatic heterocycles. The molecule has 1 unspecified atom stereocenters. The van der Waals surface area contributed by atoms with Gasteiger partial charge in [-0.25, -0.2) is 13.1 Å². The summed E-state index contributed by atoms with van der Waals surface area (Å²) in [4.78, 5) is 0.335. The first kappa shape index (κ1) is 15.7. The van der Waals surface area contributed by atoms with E-state index in [9.17, 15) is 8.42 Å². The third-order valence-electron chi connectivity index (χ3n) is 2.83. The highest BCUT2D eigenvalue weighted by atomic mass is 79.9. The molecule has 3 nitrogen and oxygen atoms in total. The Kier molecular flexibility index (Phi) is 5.65. The topological polar surface area (TPSA) is 46.2 Å². The highest BCUT2D eigenvalue weighted by Crippen LogP contribution is 2.24. The Hall–Kier alpha value is 0.310. The van der Waals surface area contributed by atoms with Crippen molar-refractivity contribution in [2.45, 2.75) is 17.1 Å². The minimum absolute atomic E-state index is 0.335. The van der Waals surface area contributed by atoms with E-state index in [0.717, 1.165) is 21.5 Å². The third kappa shape index (κ3) is 4.39. The van der Waals surface area contributed by atoms with Crippen LogP contribution in [0.15, 0.2) is 27.6 Å². The van der Waals surface area contributed by atoms with Crippen molar-refractivity contribution >= 4 is 49.5 Å². The largest absolute Gasteiger partial charge is 0.240 e. The first-order chi connectivity index (χ1) is 8.99. The lowest BCUT2D eigenvalue weighted by Crippen LogP contribution is -2.33. The zero-order valence-electron chi connectivity index (χ0n) is 10.6. The average Bonchev–Trinajstić information content (AvgIpc) is 2.41. The molecule has 7 heteroatoms. The SMILES string of the molecule is Cc1cc(S(=O)(=O)NCC2CSCCS2)ccc1Br. The summed E-state index contributed by atoms with van der Waals surface area (Å²) >= 11 is 7.12. The van der Waals surface area contributed by atoms with Crippen LogP contribution in [0.3, 0.4) is 0 Å². The van der Waals surface area contributed by atoms with Gasteiger partial charge in [0, 0.05) is 33.5 Å². The summed E-state index contributed by atoms with van der Waals surface area (Å²) in [6.07, 6.45) is 0. The Balaban J connectivity index is 2.02. The zero-order valence-corrected chi connectivity index (χ0v) is 14.6. The molecule has 1 aromatic rings. The van der Waals surface area contributed by atoms with Gasteiger partial charge in [-0.2, -0.15) is 23.5 Å². The van der Waals surface area contributed by atoms with Gasteiger partial charge in [0.1, 0.15) is 0 Å². The Morgan fingerprint density at radius 2 is 2.21 bits per heavy atom. The van der Waals surface area contributed by atoms with Crippen LogP contribution in [0.2, 0.25) is 0 Å². The molecule has 1 saturated heterocycles. The Morgan fingerprint density at radius 3 is 2.84 bits per heavy atom. The van der Waals surface area contributed by atoms with E-state index < -0.39 is 10.0 Å². The number of rotatable bonds is 4. The molecule has 1 aromatic carbocycles. The molecule has 0 bridgehead atoms. The summed E-state index contributed by atoms with van der Waals surface area (Å²) in [5, 5.41) is 0.380. The average molecular weight is 382 g/mol. The van der Waals surface area contributed by atoms with Crippen LogP contribution in [0.25, 0.3) is 0 Å². The monoisotopic (exact) mass is 381 g/mol. The van der Waals surface area contributed by atoms with Crippen LogP contribution >= 0.6 is 39.5 Å². The van der Waals surface area contributed by atoms with Gasteiger partial charge in [-0.15, -0.1) is 0 Å². The molecule has 0 aromatic heterocycles. The van der Waals surface area contributed by atoms with E-state index in [2.05, 4.69) is 20.7 Å². The summed E-state index contributed by atoms with van der Waals surface area (Å²) < 4.78 is 28.0. The van der Waals surface area contributed by atoms with Crippen LogP contribution in [0.4, 0.5) is 0 Å². The van der Waals surface area contributed by atoms with Crippen molar-refractivity contribution in [3.05, 3.63) is 28.2 Å². The Bertz CT molecular complexity index is 542. The molecule has 1 N–H and O–H groups in total. The van der Waals surface area contributed by atoms with E-state index in [1.807, 2.05) is 30.4 Å². The molecule has 0 radical (unpaired) electrons. The minimum atomic E-state index is -3.39. The fourth-order valence-electron chi connectivity index (χ4n) is 1.72. The molecule has 0 saturated carbocycles. The van der Waals surface area contributed by atoms with Crippen LogP contribution in [0.1, 0.15) is 5.56 Å². The van der Waals surface area contributed by atoms with E-state index in [0.29, 0.717) is 16.7 Å². The van der Waals surface area contributed by atoms with Crippen molar-refractivity contribution in [3.63, 3.8) is 0 Å². The van der Waals surface area contributed by atoms with E-state index in [1.54, 1.807) is 18.2 Å². The van der Waals surface area contributed by atoms with Crippen LogP contribution < -0.4 is 4.72 Å². The van der Waals surface area contributed by atoms with Gasteiger partial charge in [-0.1, -0.05) is 15.9 Å². The number of benzene rings is 1. The molecule has 19 heavy (non-hydrogen) atoms. The maximum Gasteiger partial charge on any atom is 0.240 e. The second-order valence-corrected chi connectivity index (χ2v) is 9.51. The van der Waals surface area contributed by atoms with Gasteiger partial charge in [0.25, 0.3) is 0 Å². The predicted octanol–water partition coefficient (Wildman–Crippen LogP) is 2.88. The smallest absolute Gasteiger partial charge is 0.210 e. The molecule has 1 aliphatic rings. The van der Waals surface area contributed by atoms with Crippen LogP contribution in [-0.4, -0.2) is 37.5 Å². The summed E-state index contributed by atoms with van der Waals surface area (Å²) in [6.45, 7) is 2.39. The van der Waals surface area contributed by atoms with Gasteiger partial charge >= 0.3 is 0 Å². The van der Waals surface area contributed by atoms with Crippen LogP contribution in [0, 0.1) is 6.92 Å².